The molecule has 2 heterocycles. The molecule has 0 amide bonds. The van der Waals surface area contributed by atoms with E-state index in [1.54, 1.807) is 6.92 Å². The average Bonchev–Trinajstić information content (AvgIpc) is 2.31. The number of aryl methyl sites for hydroxylation is 1. The smallest absolute Gasteiger partial charge is 0.278 e. The van der Waals surface area contributed by atoms with Gasteiger partial charge in [-0.25, -0.2) is 8.91 Å². The van der Waals surface area contributed by atoms with Gasteiger partial charge in [-0.05, 0) is 13.0 Å². The predicted octanol–water partition coefficient (Wildman–Crippen LogP) is 0.470. The Bertz CT molecular complexity index is 485. The van der Waals surface area contributed by atoms with Crippen LogP contribution < -0.4 is 5.56 Å². The van der Waals surface area contributed by atoms with Gasteiger partial charge in [0.2, 0.25) is 0 Å². The van der Waals surface area contributed by atoms with Crippen LogP contribution in [0, 0.1) is 12.7 Å². The Kier molecular flexibility index (Phi) is 1.27. The first-order valence-corrected chi connectivity index (χ1v) is 3.42. The van der Waals surface area contributed by atoms with E-state index in [9.17, 15) is 9.18 Å². The molecule has 0 spiro atoms. The highest BCUT2D eigenvalue weighted by Crippen LogP contribution is 2.02. The summed E-state index contributed by atoms with van der Waals surface area (Å²) < 4.78 is 14.1. The number of hydrogen-bond donors (Lipinski definition) is 1. The van der Waals surface area contributed by atoms with E-state index in [0.717, 1.165) is 0 Å². The predicted molar refractivity (Wildman–Crippen MR) is 40.5 cm³/mol. The number of nitrogens with zero attached hydrogens (tertiary/aromatic N) is 2. The third-order valence-electron chi connectivity index (χ3n) is 1.58. The minimum Gasteiger partial charge on any atom is -0.307 e. The monoisotopic (exact) mass is 167 g/mol. The van der Waals surface area contributed by atoms with Gasteiger partial charge in [-0.2, -0.15) is 5.10 Å². The van der Waals surface area contributed by atoms with E-state index in [0.29, 0.717) is 5.82 Å². The number of halogens is 1. The van der Waals surface area contributed by atoms with Crippen molar-refractivity contribution in [2.24, 2.45) is 0 Å². The lowest BCUT2D eigenvalue weighted by molar-refractivity contribution is 0.636. The van der Waals surface area contributed by atoms with E-state index in [1.165, 1.54) is 16.8 Å². The van der Waals surface area contributed by atoms with Crippen molar-refractivity contribution < 1.29 is 4.39 Å². The molecule has 0 aromatic carbocycles. The maximum absolute atomic E-state index is 12.9. The molecule has 1 N–H and O–H groups in total. The molecule has 0 fully saturated rings. The third-order valence-corrected chi connectivity index (χ3v) is 1.58. The lowest BCUT2D eigenvalue weighted by atomic mass is 10.5. The minimum absolute atomic E-state index is 0.0411. The molecule has 0 atom stereocenters. The normalized spacial score (nSPS) is 10.8. The average molecular weight is 167 g/mol. The van der Waals surface area contributed by atoms with Crippen LogP contribution >= 0.6 is 0 Å². The molecule has 0 radical (unpaired) electrons. The SMILES string of the molecule is Cc1nn2ccc(F)c2c(=O)[nH]1. The Balaban J connectivity index is 3.03. The lowest BCUT2D eigenvalue weighted by Gasteiger charge is -1.94. The molecule has 12 heavy (non-hydrogen) atoms. The summed E-state index contributed by atoms with van der Waals surface area (Å²) in [6, 6.07) is 1.21. The van der Waals surface area contributed by atoms with Crippen molar-refractivity contribution in [3.63, 3.8) is 0 Å². The van der Waals surface area contributed by atoms with Crippen molar-refractivity contribution in [2.45, 2.75) is 6.92 Å². The largest absolute Gasteiger partial charge is 0.307 e. The van der Waals surface area contributed by atoms with Crippen LogP contribution in [0.1, 0.15) is 5.82 Å². The van der Waals surface area contributed by atoms with Crippen LogP contribution in [-0.2, 0) is 0 Å². The molecule has 2 aromatic rings. The van der Waals surface area contributed by atoms with Crippen molar-refractivity contribution in [3.8, 4) is 0 Å². The molecule has 0 aliphatic carbocycles. The zero-order chi connectivity index (χ0) is 8.72. The van der Waals surface area contributed by atoms with Gasteiger partial charge < -0.3 is 4.98 Å². The molecule has 0 aliphatic rings. The van der Waals surface area contributed by atoms with Crippen molar-refractivity contribution in [1.29, 1.82) is 0 Å². The summed E-state index contributed by atoms with van der Waals surface area (Å²) in [5.74, 6) is -0.0909. The molecule has 0 aliphatic heterocycles. The van der Waals surface area contributed by atoms with Gasteiger partial charge in [0.1, 0.15) is 5.82 Å². The number of hydrogen-bond acceptors (Lipinski definition) is 2. The van der Waals surface area contributed by atoms with E-state index in [4.69, 9.17) is 0 Å². The van der Waals surface area contributed by atoms with Gasteiger partial charge in [-0.3, -0.25) is 4.79 Å². The first kappa shape index (κ1) is 7.02. The molecule has 62 valence electrons. The summed E-state index contributed by atoms with van der Waals surface area (Å²) in [6.45, 7) is 1.64. The number of aromatic nitrogens is 3. The Labute approximate surface area is 66.6 Å². The van der Waals surface area contributed by atoms with Crippen molar-refractivity contribution in [3.05, 3.63) is 34.3 Å². The Morgan fingerprint density at radius 3 is 3.17 bits per heavy atom. The van der Waals surface area contributed by atoms with Crippen LogP contribution in [0.25, 0.3) is 5.52 Å². The van der Waals surface area contributed by atoms with Crippen LogP contribution in [0.3, 0.4) is 0 Å². The molecule has 5 heteroatoms. The second kappa shape index (κ2) is 2.17. The van der Waals surface area contributed by atoms with Crippen LogP contribution in [0.5, 0.6) is 0 Å². The van der Waals surface area contributed by atoms with Gasteiger partial charge in [0.15, 0.2) is 11.3 Å². The topological polar surface area (TPSA) is 50.2 Å². The molecule has 0 saturated carbocycles. The first-order chi connectivity index (χ1) is 5.68. The molecule has 0 bridgehead atoms. The number of nitrogens with one attached hydrogen (secondary N) is 1. The van der Waals surface area contributed by atoms with E-state index in [2.05, 4.69) is 10.1 Å². The molecule has 2 rings (SSSR count). The number of fused-ring (bicyclic) bond motifs is 1. The van der Waals surface area contributed by atoms with Crippen LogP contribution in [0.2, 0.25) is 0 Å². The maximum atomic E-state index is 12.9. The second-order valence-corrected chi connectivity index (χ2v) is 2.50. The highest BCUT2D eigenvalue weighted by Gasteiger charge is 2.06. The fraction of sp³-hybridized carbons (Fsp3) is 0.143. The third kappa shape index (κ3) is 0.827. The number of aromatic amines is 1. The van der Waals surface area contributed by atoms with Crippen LogP contribution in [-0.4, -0.2) is 14.6 Å². The molecule has 0 unspecified atom stereocenters. The van der Waals surface area contributed by atoms with E-state index in [-0.39, 0.29) is 5.52 Å². The summed E-state index contributed by atoms with van der Waals surface area (Å²) in [7, 11) is 0. The van der Waals surface area contributed by atoms with E-state index in [1.807, 2.05) is 0 Å². The zero-order valence-electron chi connectivity index (χ0n) is 6.34. The standard InChI is InChI=1S/C7H6FN3O/c1-4-9-7(12)6-5(8)2-3-11(6)10-4/h2-3H,1H3,(H,9,10,12). The van der Waals surface area contributed by atoms with Gasteiger partial charge >= 0.3 is 0 Å². The van der Waals surface area contributed by atoms with Gasteiger partial charge in [-0.15, -0.1) is 0 Å². The number of rotatable bonds is 0. The lowest BCUT2D eigenvalue weighted by Crippen LogP contribution is -2.14. The zero-order valence-corrected chi connectivity index (χ0v) is 6.34. The molecular formula is C7H6FN3O. The number of H-pyrrole nitrogens is 1. The molecule has 0 saturated heterocycles. The molecule has 4 nitrogen and oxygen atoms in total. The van der Waals surface area contributed by atoms with Gasteiger partial charge in [0.05, 0.1) is 0 Å². The highest BCUT2D eigenvalue weighted by atomic mass is 19.1. The fourth-order valence-electron chi connectivity index (χ4n) is 1.10. The summed E-state index contributed by atoms with van der Waals surface area (Å²) in [5, 5.41) is 3.88. The van der Waals surface area contributed by atoms with Gasteiger partial charge in [-0.1, -0.05) is 0 Å². The van der Waals surface area contributed by atoms with Crippen LogP contribution in [0.4, 0.5) is 4.39 Å². The summed E-state index contributed by atoms with van der Waals surface area (Å²) in [5.41, 5.74) is -0.495. The summed E-state index contributed by atoms with van der Waals surface area (Å²) in [6.07, 6.45) is 1.41. The summed E-state index contributed by atoms with van der Waals surface area (Å²) in [4.78, 5) is 13.5. The van der Waals surface area contributed by atoms with E-state index >= 15 is 0 Å². The van der Waals surface area contributed by atoms with Crippen molar-refractivity contribution in [1.82, 2.24) is 14.6 Å². The van der Waals surface area contributed by atoms with Crippen molar-refractivity contribution in [2.75, 3.05) is 0 Å². The quantitative estimate of drug-likeness (QED) is 0.620. The minimum atomic E-state index is -0.552. The maximum Gasteiger partial charge on any atom is 0.278 e. The van der Waals surface area contributed by atoms with Gasteiger partial charge in [0.25, 0.3) is 5.56 Å². The Hall–Kier alpha value is -1.65. The Morgan fingerprint density at radius 2 is 2.42 bits per heavy atom. The van der Waals surface area contributed by atoms with Gasteiger partial charge in [0, 0.05) is 6.20 Å². The first-order valence-electron chi connectivity index (χ1n) is 3.42. The fourth-order valence-corrected chi connectivity index (χ4v) is 1.10. The van der Waals surface area contributed by atoms with E-state index < -0.39 is 11.4 Å². The molecular weight excluding hydrogens is 161 g/mol. The Morgan fingerprint density at radius 1 is 1.67 bits per heavy atom. The second-order valence-electron chi connectivity index (χ2n) is 2.50. The molecule has 2 aromatic heterocycles. The van der Waals surface area contributed by atoms with Crippen LogP contribution in [0.15, 0.2) is 17.1 Å². The highest BCUT2D eigenvalue weighted by molar-refractivity contribution is 5.45. The van der Waals surface area contributed by atoms with Crippen molar-refractivity contribution >= 4 is 5.52 Å². The summed E-state index contributed by atoms with van der Waals surface area (Å²) >= 11 is 0.